The van der Waals surface area contributed by atoms with Crippen molar-refractivity contribution in [3.63, 3.8) is 0 Å². The van der Waals surface area contributed by atoms with E-state index >= 15 is 0 Å². The first-order chi connectivity index (χ1) is 23.8. The van der Waals surface area contributed by atoms with Crippen LogP contribution in [0, 0.1) is 43.8 Å². The zero-order valence-electron chi connectivity index (χ0n) is 32.4. The Bertz CT molecular complexity index is 1970. The summed E-state index contributed by atoms with van der Waals surface area (Å²) in [5.41, 5.74) is 4.05. The molecule has 270 valence electrons. The second-order valence-corrected chi connectivity index (χ2v) is 24.6. The molecule has 6 aliphatic carbocycles. The summed E-state index contributed by atoms with van der Waals surface area (Å²) in [6.45, 7) is 21.4. The summed E-state index contributed by atoms with van der Waals surface area (Å²) in [5, 5.41) is 0. The molecule has 9 unspecified atom stereocenters. The van der Waals surface area contributed by atoms with Crippen molar-refractivity contribution in [1.29, 1.82) is 0 Å². The second-order valence-electron chi connectivity index (χ2n) is 17.7. The molecular formula is C49H56Cl2Zr. The van der Waals surface area contributed by atoms with E-state index in [1.54, 1.807) is 8.85 Å². The molecule has 0 spiro atoms. The third kappa shape index (κ3) is 4.64. The average Bonchev–Trinajstić information content (AvgIpc) is 3.70. The van der Waals surface area contributed by atoms with E-state index in [0.717, 1.165) is 19.3 Å². The number of benzene rings is 2. The molecule has 2 aromatic carbocycles. The maximum absolute atomic E-state index is 2.83. The van der Waals surface area contributed by atoms with Crippen molar-refractivity contribution in [2.75, 3.05) is 0 Å². The van der Waals surface area contributed by atoms with Crippen molar-refractivity contribution >= 4 is 3.21 Å². The number of fused-ring (bicyclic) bond motifs is 8. The van der Waals surface area contributed by atoms with E-state index in [1.807, 2.05) is 3.21 Å². The Morgan fingerprint density at radius 1 is 0.615 bits per heavy atom. The Kier molecular flexibility index (Phi) is 10.2. The standard InChI is InChI=1S/C29H37.C15H14.C5H5.2ClH.Zr/c1-21-14-13-15-22-20-27(6)25(4)18-10-9-16-23(25,2)24(3)17-11-12-19-26(24,5)29(27,8)28(21,22)7;1-3-8-14(9-4-1)12-7-13-15-10-5-2-6-11-15;1-2-4-5-3-1;;;/h9-20,22H,1-8H3;1-6,8-11H,12-13H2;1-3H,4H2;2*1H;/q;;;;;+2/p-2. The van der Waals surface area contributed by atoms with Crippen LogP contribution < -0.4 is 24.8 Å². The number of hydrogen-bond donors (Lipinski definition) is 0. The molecular weight excluding hydrogens is 751 g/mol. The predicted molar refractivity (Wildman–Crippen MR) is 211 cm³/mol. The van der Waals surface area contributed by atoms with Gasteiger partial charge in [-0.1, -0.05) is 0 Å². The smallest absolute Gasteiger partial charge is 1.00 e. The SMILES string of the molecule is CC1=CC=CC2[CH]([Zr+2]([C]3=CC=CC3)=[C](Cc3ccccc3)Cc3ccccc3)C3(C)C4(C)C=CC=CC4(C)C4(C)C=CC=CC4(C)C3(C)C12C.[Cl-].[Cl-]. The molecule has 0 aliphatic heterocycles. The van der Waals surface area contributed by atoms with Gasteiger partial charge in [0.2, 0.25) is 0 Å². The van der Waals surface area contributed by atoms with Crippen LogP contribution in [0.5, 0.6) is 0 Å². The molecule has 52 heavy (non-hydrogen) atoms. The molecule has 6 aliphatic rings. The van der Waals surface area contributed by atoms with Gasteiger partial charge in [-0.05, 0) is 0 Å². The van der Waals surface area contributed by atoms with Crippen molar-refractivity contribution in [3.05, 3.63) is 166 Å². The summed E-state index contributed by atoms with van der Waals surface area (Å²) in [6, 6.07) is 22.9. The maximum Gasteiger partial charge on any atom is -1.00 e. The molecule has 0 heterocycles. The van der Waals surface area contributed by atoms with Crippen LogP contribution in [0.15, 0.2) is 155 Å². The van der Waals surface area contributed by atoms with Gasteiger partial charge in [-0.2, -0.15) is 0 Å². The van der Waals surface area contributed by atoms with Crippen molar-refractivity contribution in [2.24, 2.45) is 43.8 Å². The Morgan fingerprint density at radius 2 is 1.12 bits per heavy atom. The molecule has 0 nitrogen and oxygen atoms in total. The Hall–Kier alpha value is -2.31. The van der Waals surface area contributed by atoms with Crippen LogP contribution in [0.4, 0.5) is 0 Å². The third-order valence-electron chi connectivity index (χ3n) is 16.8. The van der Waals surface area contributed by atoms with Gasteiger partial charge in [0, 0.05) is 0 Å². The van der Waals surface area contributed by atoms with Gasteiger partial charge in [0.1, 0.15) is 0 Å². The molecule has 3 heteroatoms. The van der Waals surface area contributed by atoms with Gasteiger partial charge in [-0.15, -0.1) is 0 Å². The van der Waals surface area contributed by atoms with Crippen molar-refractivity contribution < 1.29 is 46.1 Å². The molecule has 0 radical (unpaired) electrons. The van der Waals surface area contributed by atoms with Crippen LogP contribution in [0.25, 0.3) is 0 Å². The summed E-state index contributed by atoms with van der Waals surface area (Å²) < 4.78 is 4.22. The van der Waals surface area contributed by atoms with Crippen LogP contribution >= 0.6 is 0 Å². The van der Waals surface area contributed by atoms with Crippen molar-refractivity contribution in [3.8, 4) is 0 Å². The Balaban J connectivity index is 0.00000232. The van der Waals surface area contributed by atoms with Gasteiger partial charge in [-0.25, -0.2) is 0 Å². The van der Waals surface area contributed by atoms with E-state index < -0.39 is 21.3 Å². The summed E-state index contributed by atoms with van der Waals surface area (Å²) in [4.78, 5) is 0. The zero-order chi connectivity index (χ0) is 35.2. The van der Waals surface area contributed by atoms with Crippen LogP contribution in [-0.2, 0) is 34.1 Å². The first-order valence-electron chi connectivity index (χ1n) is 19.1. The Morgan fingerprint density at radius 3 is 1.63 bits per heavy atom. The fraction of sp³-hybridized carbons (Fsp3) is 0.408. The summed E-state index contributed by atoms with van der Waals surface area (Å²) in [7, 11) is 0. The van der Waals surface area contributed by atoms with Gasteiger partial charge >= 0.3 is 312 Å². The van der Waals surface area contributed by atoms with Gasteiger partial charge in [0.15, 0.2) is 0 Å². The fourth-order valence-corrected chi connectivity index (χ4v) is 24.9. The minimum absolute atomic E-state index is 0. The molecule has 0 aromatic heterocycles. The van der Waals surface area contributed by atoms with E-state index in [9.17, 15) is 0 Å². The first kappa shape index (κ1) is 39.4. The van der Waals surface area contributed by atoms with E-state index in [2.05, 4.69) is 201 Å². The summed E-state index contributed by atoms with van der Waals surface area (Å²) in [5.74, 6) is 0.457. The second kappa shape index (κ2) is 13.5. The molecule has 2 fully saturated rings. The topological polar surface area (TPSA) is 0 Å². The number of allylic oxidation sites excluding steroid dienone is 16. The van der Waals surface area contributed by atoms with Crippen LogP contribution in [-0.4, -0.2) is 3.21 Å². The quantitative estimate of drug-likeness (QED) is 0.319. The van der Waals surface area contributed by atoms with E-state index in [1.165, 1.54) is 11.1 Å². The first-order valence-corrected chi connectivity index (χ1v) is 23.0. The molecule has 0 bridgehead atoms. The number of rotatable bonds is 6. The van der Waals surface area contributed by atoms with E-state index in [-0.39, 0.29) is 62.7 Å². The fourth-order valence-electron chi connectivity index (χ4n) is 13.5. The zero-order valence-corrected chi connectivity index (χ0v) is 36.4. The number of halogens is 2. The molecule has 2 aromatic rings. The molecule has 2 saturated carbocycles. The summed E-state index contributed by atoms with van der Waals surface area (Å²) >= 11 is -2.78. The maximum atomic E-state index is 2.83. The van der Waals surface area contributed by atoms with Gasteiger partial charge in [-0.3, -0.25) is 0 Å². The molecule has 0 N–H and O–H groups in total. The van der Waals surface area contributed by atoms with Crippen molar-refractivity contribution in [1.82, 2.24) is 0 Å². The largest absolute Gasteiger partial charge is 1.00 e. The van der Waals surface area contributed by atoms with E-state index in [4.69, 9.17) is 0 Å². The van der Waals surface area contributed by atoms with E-state index in [0.29, 0.717) is 9.54 Å². The monoisotopic (exact) mass is 804 g/mol. The third-order valence-corrected chi connectivity index (χ3v) is 26.0. The minimum Gasteiger partial charge on any atom is -1.00 e. The van der Waals surface area contributed by atoms with Gasteiger partial charge < -0.3 is 24.8 Å². The van der Waals surface area contributed by atoms with Crippen LogP contribution in [0.2, 0.25) is 3.63 Å². The normalized spacial score (nSPS) is 39.8. The minimum atomic E-state index is -2.78. The van der Waals surface area contributed by atoms with Crippen molar-refractivity contribution in [2.45, 2.75) is 78.3 Å². The summed E-state index contributed by atoms with van der Waals surface area (Å²) in [6.07, 6.45) is 38.5. The molecule has 0 amide bonds. The average molecular weight is 807 g/mol. The molecule has 0 saturated heterocycles. The molecule has 9 atom stereocenters. The number of hydrogen-bond acceptors (Lipinski definition) is 0. The van der Waals surface area contributed by atoms with Gasteiger partial charge in [0.05, 0.1) is 0 Å². The molecule has 8 rings (SSSR count). The predicted octanol–water partition coefficient (Wildman–Crippen LogP) is 6.36. The van der Waals surface area contributed by atoms with Gasteiger partial charge in [0.25, 0.3) is 0 Å². The Labute approximate surface area is 334 Å². The van der Waals surface area contributed by atoms with Crippen LogP contribution in [0.1, 0.15) is 72.9 Å². The van der Waals surface area contributed by atoms with Crippen LogP contribution in [0.3, 0.4) is 0 Å².